The molecule has 6 nitrogen and oxygen atoms in total. The van der Waals surface area contributed by atoms with Gasteiger partial charge in [0.25, 0.3) is 11.7 Å². The van der Waals surface area contributed by atoms with Crippen molar-refractivity contribution in [1.29, 1.82) is 0 Å². The second-order valence-corrected chi connectivity index (χ2v) is 9.68. The van der Waals surface area contributed by atoms with Gasteiger partial charge in [-0.05, 0) is 68.2 Å². The molecule has 0 unspecified atom stereocenters. The molecule has 2 aromatic carbocycles. The van der Waals surface area contributed by atoms with Crippen molar-refractivity contribution < 1.29 is 19.4 Å². The second kappa shape index (κ2) is 12.4. The molecule has 2 aromatic rings. The number of hydrogen-bond acceptors (Lipinski definition) is 5. The van der Waals surface area contributed by atoms with E-state index >= 15 is 0 Å². The summed E-state index contributed by atoms with van der Waals surface area (Å²) in [6, 6.07) is 12.1. The molecule has 1 amide bonds. The Kier molecular flexibility index (Phi) is 9.57. The quantitative estimate of drug-likeness (QED) is 0.226. The summed E-state index contributed by atoms with van der Waals surface area (Å²) in [6.45, 7) is 13.8. The van der Waals surface area contributed by atoms with E-state index in [4.69, 9.17) is 16.3 Å². The molecule has 1 heterocycles. The predicted octanol–water partition coefficient (Wildman–Crippen LogP) is 6.02. The minimum absolute atomic E-state index is 0.0837. The fraction of sp³-hybridized carbons (Fsp3) is 0.448. The Morgan fingerprint density at radius 2 is 1.75 bits per heavy atom. The van der Waals surface area contributed by atoms with E-state index < -0.39 is 17.7 Å². The van der Waals surface area contributed by atoms with Gasteiger partial charge in [-0.25, -0.2) is 0 Å². The largest absolute Gasteiger partial charge is 0.507 e. The number of hydrogen-bond donors (Lipinski definition) is 1. The summed E-state index contributed by atoms with van der Waals surface area (Å²) in [4.78, 5) is 30.4. The molecule has 1 atom stereocenters. The zero-order valence-corrected chi connectivity index (χ0v) is 22.6. The van der Waals surface area contributed by atoms with Crippen LogP contribution in [-0.2, 0) is 9.59 Å². The third-order valence-electron chi connectivity index (χ3n) is 6.73. The number of likely N-dealkylation sites (tertiary alicyclic amines) is 1. The molecule has 0 spiro atoms. The summed E-state index contributed by atoms with van der Waals surface area (Å²) < 4.78 is 5.49. The van der Waals surface area contributed by atoms with Gasteiger partial charge in [0.1, 0.15) is 11.5 Å². The van der Waals surface area contributed by atoms with Crippen LogP contribution in [0.25, 0.3) is 5.76 Å². The molecule has 1 fully saturated rings. The number of carbonyl (C=O) groups is 2. The average molecular weight is 513 g/mol. The zero-order chi connectivity index (χ0) is 26.4. The van der Waals surface area contributed by atoms with Gasteiger partial charge in [0, 0.05) is 12.1 Å². The molecule has 0 bridgehead atoms. The summed E-state index contributed by atoms with van der Waals surface area (Å²) in [6.07, 6.45) is 0.726. The lowest BCUT2D eigenvalue weighted by molar-refractivity contribution is -0.140. The number of nitrogens with zero attached hydrogens (tertiary/aromatic N) is 2. The highest BCUT2D eigenvalue weighted by Crippen LogP contribution is 2.40. The van der Waals surface area contributed by atoms with Gasteiger partial charge >= 0.3 is 0 Å². The highest BCUT2D eigenvalue weighted by molar-refractivity contribution is 6.46. The smallest absolute Gasteiger partial charge is 0.295 e. The Morgan fingerprint density at radius 1 is 1.08 bits per heavy atom. The van der Waals surface area contributed by atoms with Crippen LogP contribution in [0.5, 0.6) is 5.75 Å². The van der Waals surface area contributed by atoms with E-state index in [9.17, 15) is 14.7 Å². The molecule has 0 aliphatic carbocycles. The molecule has 194 valence electrons. The number of carbonyl (C=O) groups excluding carboxylic acids is 2. The fourth-order valence-electron chi connectivity index (χ4n) is 4.60. The standard InChI is InChI=1S/C29H37ClN2O4/c1-6-31(7-2)16-9-17-32-26(21-12-10-20(11-13-21)19(4)5)25(28(34)29(32)35)27(33)22-14-15-24(36-8-3)23(30)18-22/h10-15,18-19,26,33H,6-9,16-17H2,1-5H3/b27-25+/t26-/m0/s1. The molecule has 1 N–H and O–H groups in total. The number of benzene rings is 2. The van der Waals surface area contributed by atoms with Crippen molar-refractivity contribution in [3.8, 4) is 5.75 Å². The second-order valence-electron chi connectivity index (χ2n) is 9.27. The summed E-state index contributed by atoms with van der Waals surface area (Å²) in [5.74, 6) is -0.661. The van der Waals surface area contributed by atoms with Crippen molar-refractivity contribution in [1.82, 2.24) is 9.80 Å². The molecule has 7 heteroatoms. The first-order chi connectivity index (χ1) is 17.2. The lowest BCUT2D eigenvalue weighted by Crippen LogP contribution is -2.33. The number of aliphatic hydroxyl groups is 1. The van der Waals surface area contributed by atoms with Crippen LogP contribution in [-0.4, -0.2) is 59.4 Å². The van der Waals surface area contributed by atoms with Gasteiger partial charge in [-0.1, -0.05) is 63.6 Å². The number of amides is 1. The Hall–Kier alpha value is -2.83. The first-order valence-electron chi connectivity index (χ1n) is 12.8. The van der Waals surface area contributed by atoms with Crippen LogP contribution in [0, 0.1) is 0 Å². The van der Waals surface area contributed by atoms with Gasteiger partial charge < -0.3 is 19.6 Å². The van der Waals surface area contributed by atoms with E-state index in [2.05, 4.69) is 32.6 Å². The third-order valence-corrected chi connectivity index (χ3v) is 7.03. The van der Waals surface area contributed by atoms with Crippen LogP contribution >= 0.6 is 11.6 Å². The topological polar surface area (TPSA) is 70.1 Å². The minimum Gasteiger partial charge on any atom is -0.507 e. The zero-order valence-electron chi connectivity index (χ0n) is 21.9. The van der Waals surface area contributed by atoms with Crippen molar-refractivity contribution >= 4 is 29.1 Å². The molecule has 1 aliphatic rings. The molecule has 0 aromatic heterocycles. The minimum atomic E-state index is -0.682. The van der Waals surface area contributed by atoms with Crippen molar-refractivity contribution in [3.63, 3.8) is 0 Å². The van der Waals surface area contributed by atoms with Crippen LogP contribution in [0.15, 0.2) is 48.0 Å². The van der Waals surface area contributed by atoms with Gasteiger partial charge in [0.2, 0.25) is 0 Å². The Morgan fingerprint density at radius 3 is 2.31 bits per heavy atom. The molecule has 0 radical (unpaired) electrons. The molecule has 3 rings (SSSR count). The number of rotatable bonds is 11. The van der Waals surface area contributed by atoms with Crippen molar-refractivity contribution in [3.05, 3.63) is 69.8 Å². The summed E-state index contributed by atoms with van der Waals surface area (Å²) in [5.41, 5.74) is 2.41. The molecule has 36 heavy (non-hydrogen) atoms. The molecule has 0 saturated carbocycles. The summed E-state index contributed by atoms with van der Waals surface area (Å²) in [7, 11) is 0. The Balaban J connectivity index is 2.05. The van der Waals surface area contributed by atoms with E-state index in [-0.39, 0.29) is 11.3 Å². The number of aliphatic hydroxyl groups excluding tert-OH is 1. The number of halogens is 1. The van der Waals surface area contributed by atoms with E-state index in [1.807, 2.05) is 31.2 Å². The predicted molar refractivity (Wildman–Crippen MR) is 145 cm³/mol. The highest BCUT2D eigenvalue weighted by atomic mass is 35.5. The molecular weight excluding hydrogens is 476 g/mol. The maximum atomic E-state index is 13.3. The van der Waals surface area contributed by atoms with Crippen LogP contribution < -0.4 is 4.74 Å². The fourth-order valence-corrected chi connectivity index (χ4v) is 4.84. The van der Waals surface area contributed by atoms with E-state index in [0.717, 1.165) is 37.2 Å². The number of ketones is 1. The van der Waals surface area contributed by atoms with Gasteiger partial charge in [-0.15, -0.1) is 0 Å². The number of ether oxygens (including phenoxy) is 1. The van der Waals surface area contributed by atoms with Crippen molar-refractivity contribution in [2.45, 2.75) is 53.0 Å². The Labute approximate surface area is 219 Å². The number of Topliss-reactive ketones (excluding diaryl/α,β-unsaturated/α-hetero) is 1. The SMILES string of the molecule is CCOc1ccc(/C(O)=C2\C(=O)C(=O)N(CCCN(CC)CC)[C@H]2c2ccc(C(C)C)cc2)cc1Cl. The van der Waals surface area contributed by atoms with Crippen LogP contribution in [0.1, 0.15) is 69.7 Å². The summed E-state index contributed by atoms with van der Waals surface area (Å²) in [5, 5.41) is 11.6. The molecular formula is C29H37ClN2O4. The lowest BCUT2D eigenvalue weighted by Gasteiger charge is -2.27. The maximum Gasteiger partial charge on any atom is 0.295 e. The molecule has 1 aliphatic heterocycles. The van der Waals surface area contributed by atoms with E-state index in [1.54, 1.807) is 23.1 Å². The van der Waals surface area contributed by atoms with Crippen LogP contribution in [0.3, 0.4) is 0 Å². The first kappa shape index (κ1) is 27.8. The monoisotopic (exact) mass is 512 g/mol. The van der Waals surface area contributed by atoms with Gasteiger partial charge in [0.15, 0.2) is 0 Å². The van der Waals surface area contributed by atoms with Gasteiger partial charge in [-0.3, -0.25) is 9.59 Å². The average Bonchev–Trinajstić information content (AvgIpc) is 3.12. The lowest BCUT2D eigenvalue weighted by atomic mass is 9.93. The van der Waals surface area contributed by atoms with Gasteiger partial charge in [-0.2, -0.15) is 0 Å². The van der Waals surface area contributed by atoms with Crippen molar-refractivity contribution in [2.75, 3.05) is 32.8 Å². The van der Waals surface area contributed by atoms with E-state index in [1.165, 1.54) is 0 Å². The summed E-state index contributed by atoms with van der Waals surface area (Å²) >= 11 is 6.35. The maximum absolute atomic E-state index is 13.3. The van der Waals surface area contributed by atoms with Crippen LogP contribution in [0.2, 0.25) is 5.02 Å². The highest BCUT2D eigenvalue weighted by Gasteiger charge is 2.45. The van der Waals surface area contributed by atoms with Crippen LogP contribution in [0.4, 0.5) is 0 Å². The van der Waals surface area contributed by atoms with Gasteiger partial charge in [0.05, 0.1) is 23.2 Å². The van der Waals surface area contributed by atoms with E-state index in [0.29, 0.717) is 35.4 Å². The first-order valence-corrected chi connectivity index (χ1v) is 13.1. The van der Waals surface area contributed by atoms with Crippen molar-refractivity contribution in [2.24, 2.45) is 0 Å². The third kappa shape index (κ3) is 5.93. The Bertz CT molecular complexity index is 1110. The normalized spacial score (nSPS) is 17.4. The molecule has 1 saturated heterocycles.